The summed E-state index contributed by atoms with van der Waals surface area (Å²) in [4.78, 5) is 14.8. The van der Waals surface area contributed by atoms with Crippen LogP contribution in [-0.2, 0) is 16.6 Å². The summed E-state index contributed by atoms with van der Waals surface area (Å²) in [5.74, 6) is -0.287. The van der Waals surface area contributed by atoms with Crippen LogP contribution in [0.15, 0.2) is 53.4 Å². The van der Waals surface area contributed by atoms with Gasteiger partial charge in [-0.15, -0.1) is 0 Å². The summed E-state index contributed by atoms with van der Waals surface area (Å²) in [5, 5.41) is 2.87. The average molecular weight is 416 g/mol. The number of carbonyl (C=O) groups is 1. The summed E-state index contributed by atoms with van der Waals surface area (Å²) < 4.78 is 27.6. The van der Waals surface area contributed by atoms with Gasteiger partial charge in [0, 0.05) is 44.5 Å². The minimum atomic E-state index is -3.60. The Labute approximate surface area is 173 Å². The smallest absolute Gasteiger partial charge is 0.251 e. The second-order valence-electron chi connectivity index (χ2n) is 7.73. The molecule has 0 saturated carbocycles. The molecular formula is C22H29N3O3S. The van der Waals surface area contributed by atoms with Crippen molar-refractivity contribution in [3.05, 3.63) is 59.7 Å². The van der Waals surface area contributed by atoms with Gasteiger partial charge in [0.05, 0.1) is 4.90 Å². The second-order valence-corrected chi connectivity index (χ2v) is 9.62. The van der Waals surface area contributed by atoms with Gasteiger partial charge in [-0.3, -0.25) is 4.79 Å². The molecule has 29 heavy (non-hydrogen) atoms. The summed E-state index contributed by atoms with van der Waals surface area (Å²) in [6.07, 6.45) is 2.79. The number of hydrogen-bond donors (Lipinski definition) is 1. The minimum absolute atomic E-state index is 0.0173. The van der Waals surface area contributed by atoms with Crippen LogP contribution in [0.2, 0.25) is 0 Å². The van der Waals surface area contributed by atoms with Gasteiger partial charge in [-0.05, 0) is 55.7 Å². The summed E-state index contributed by atoms with van der Waals surface area (Å²) >= 11 is 0. The normalized spacial score (nSPS) is 17.7. The zero-order valence-corrected chi connectivity index (χ0v) is 18.1. The first-order valence-corrected chi connectivity index (χ1v) is 11.4. The number of amides is 1. The third-order valence-corrected chi connectivity index (χ3v) is 7.36. The van der Waals surface area contributed by atoms with Crippen molar-refractivity contribution in [2.45, 2.75) is 43.7 Å². The number of sulfonamides is 1. The first-order valence-electron chi connectivity index (χ1n) is 9.95. The largest absolute Gasteiger partial charge is 0.378 e. The molecule has 6 nitrogen and oxygen atoms in total. The molecule has 2 aromatic carbocycles. The number of hydrogen-bond acceptors (Lipinski definition) is 4. The molecule has 1 fully saturated rings. The molecule has 1 atom stereocenters. The molecule has 2 aromatic rings. The van der Waals surface area contributed by atoms with Crippen molar-refractivity contribution < 1.29 is 13.2 Å². The van der Waals surface area contributed by atoms with Gasteiger partial charge in [-0.2, -0.15) is 4.31 Å². The van der Waals surface area contributed by atoms with Gasteiger partial charge >= 0.3 is 0 Å². The number of piperidine rings is 1. The predicted molar refractivity (Wildman–Crippen MR) is 116 cm³/mol. The molecule has 1 saturated heterocycles. The van der Waals surface area contributed by atoms with Gasteiger partial charge in [0.1, 0.15) is 0 Å². The third-order valence-electron chi connectivity index (χ3n) is 5.35. The Bertz CT molecular complexity index is 956. The summed E-state index contributed by atoms with van der Waals surface area (Å²) in [6, 6.07) is 14.2. The number of carbonyl (C=O) groups excluding carboxylic acids is 1. The fraction of sp³-hybridized carbons (Fsp3) is 0.409. The summed E-state index contributed by atoms with van der Waals surface area (Å²) in [5.41, 5.74) is 2.42. The van der Waals surface area contributed by atoms with Gasteiger partial charge in [0.2, 0.25) is 10.0 Å². The van der Waals surface area contributed by atoms with Gasteiger partial charge in [-0.1, -0.05) is 24.6 Å². The highest BCUT2D eigenvalue weighted by Crippen LogP contribution is 2.25. The van der Waals surface area contributed by atoms with E-state index >= 15 is 0 Å². The molecular weight excluding hydrogens is 386 g/mol. The molecule has 1 heterocycles. The number of nitrogens with zero attached hydrogens (tertiary/aromatic N) is 2. The van der Waals surface area contributed by atoms with Crippen molar-refractivity contribution in [2.75, 3.05) is 25.5 Å². The van der Waals surface area contributed by atoms with E-state index < -0.39 is 10.0 Å². The van der Waals surface area contributed by atoms with Crippen molar-refractivity contribution >= 4 is 21.6 Å². The monoisotopic (exact) mass is 415 g/mol. The van der Waals surface area contributed by atoms with Crippen LogP contribution < -0.4 is 10.2 Å². The van der Waals surface area contributed by atoms with Crippen molar-refractivity contribution in [1.82, 2.24) is 9.62 Å². The van der Waals surface area contributed by atoms with Crippen LogP contribution in [0.4, 0.5) is 5.69 Å². The van der Waals surface area contributed by atoms with Crippen LogP contribution in [0.3, 0.4) is 0 Å². The zero-order chi connectivity index (χ0) is 21.0. The Hall–Kier alpha value is -2.38. The van der Waals surface area contributed by atoms with E-state index in [4.69, 9.17) is 0 Å². The van der Waals surface area contributed by atoms with Gasteiger partial charge < -0.3 is 10.2 Å². The van der Waals surface area contributed by atoms with Crippen molar-refractivity contribution in [3.8, 4) is 0 Å². The molecule has 1 N–H and O–H groups in total. The van der Waals surface area contributed by atoms with Crippen molar-refractivity contribution in [2.24, 2.45) is 0 Å². The number of anilines is 1. The van der Waals surface area contributed by atoms with Crippen LogP contribution in [-0.4, -0.2) is 45.3 Å². The maximum atomic E-state index is 13.0. The molecule has 1 aliphatic heterocycles. The predicted octanol–water partition coefficient (Wildman–Crippen LogP) is 3.25. The van der Waals surface area contributed by atoms with E-state index in [0.29, 0.717) is 18.7 Å². The van der Waals surface area contributed by atoms with Crippen molar-refractivity contribution in [3.63, 3.8) is 0 Å². The van der Waals surface area contributed by atoms with E-state index in [2.05, 4.69) is 5.32 Å². The molecule has 0 unspecified atom stereocenters. The Morgan fingerprint density at radius 3 is 2.52 bits per heavy atom. The van der Waals surface area contributed by atoms with E-state index in [9.17, 15) is 13.2 Å². The molecule has 0 spiro atoms. The highest BCUT2D eigenvalue weighted by molar-refractivity contribution is 7.89. The van der Waals surface area contributed by atoms with E-state index in [0.717, 1.165) is 30.5 Å². The standard InChI is InChI=1S/C22H29N3O3S/c1-17-7-4-5-14-25(17)29(27,28)21-9-6-8-19(15-21)22(26)23-16-18-10-12-20(13-11-18)24(2)3/h6,8-13,15,17H,4-5,7,14,16H2,1-3H3,(H,23,26)/t17-/m0/s1. The zero-order valence-electron chi connectivity index (χ0n) is 17.3. The molecule has 0 aliphatic carbocycles. The first-order chi connectivity index (χ1) is 13.8. The van der Waals surface area contributed by atoms with Gasteiger partial charge in [0.15, 0.2) is 0 Å². The fourth-order valence-electron chi connectivity index (χ4n) is 3.56. The lowest BCUT2D eigenvalue weighted by molar-refractivity contribution is 0.0950. The Balaban J connectivity index is 1.70. The topological polar surface area (TPSA) is 69.7 Å². The molecule has 0 aromatic heterocycles. The lowest BCUT2D eigenvalue weighted by Crippen LogP contribution is -2.42. The second kappa shape index (κ2) is 8.97. The molecule has 7 heteroatoms. The lowest BCUT2D eigenvalue weighted by Gasteiger charge is -2.32. The van der Waals surface area contributed by atoms with Crippen molar-refractivity contribution in [1.29, 1.82) is 0 Å². The van der Waals surface area contributed by atoms with E-state index in [1.54, 1.807) is 22.5 Å². The van der Waals surface area contributed by atoms with Crippen LogP contribution >= 0.6 is 0 Å². The van der Waals surface area contributed by atoms with Crippen LogP contribution in [0.25, 0.3) is 0 Å². The Kier molecular flexibility index (Phi) is 6.59. The number of nitrogens with one attached hydrogen (secondary N) is 1. The quantitative estimate of drug-likeness (QED) is 0.786. The maximum absolute atomic E-state index is 13.0. The molecule has 0 bridgehead atoms. The highest BCUT2D eigenvalue weighted by Gasteiger charge is 2.31. The number of benzene rings is 2. The molecule has 0 radical (unpaired) electrons. The van der Waals surface area contributed by atoms with Gasteiger partial charge in [-0.25, -0.2) is 8.42 Å². The Morgan fingerprint density at radius 1 is 1.14 bits per heavy atom. The average Bonchev–Trinajstić information content (AvgIpc) is 2.72. The van der Waals surface area contributed by atoms with Crippen LogP contribution in [0.1, 0.15) is 42.1 Å². The highest BCUT2D eigenvalue weighted by atomic mass is 32.2. The van der Waals surface area contributed by atoms with Gasteiger partial charge in [0.25, 0.3) is 5.91 Å². The number of rotatable bonds is 6. The Morgan fingerprint density at radius 2 is 1.86 bits per heavy atom. The van der Waals surface area contributed by atoms with Crippen LogP contribution in [0, 0.1) is 0 Å². The van der Waals surface area contributed by atoms with E-state index in [1.807, 2.05) is 50.2 Å². The molecule has 156 valence electrons. The van der Waals surface area contributed by atoms with Crippen LogP contribution in [0.5, 0.6) is 0 Å². The lowest BCUT2D eigenvalue weighted by atomic mass is 10.1. The van der Waals surface area contributed by atoms with E-state index in [1.165, 1.54) is 6.07 Å². The maximum Gasteiger partial charge on any atom is 0.251 e. The minimum Gasteiger partial charge on any atom is -0.378 e. The summed E-state index contributed by atoms with van der Waals surface area (Å²) in [6.45, 7) is 2.85. The summed E-state index contributed by atoms with van der Waals surface area (Å²) in [7, 11) is 0.351. The molecule has 1 aliphatic rings. The molecule has 1 amide bonds. The molecule has 3 rings (SSSR count). The fourth-order valence-corrected chi connectivity index (χ4v) is 5.30. The van der Waals surface area contributed by atoms with E-state index in [-0.39, 0.29) is 16.8 Å². The first kappa shape index (κ1) is 21.3. The SMILES string of the molecule is C[C@H]1CCCCN1S(=O)(=O)c1cccc(C(=O)NCc2ccc(N(C)C)cc2)c1. The third kappa shape index (κ3) is 4.97.